The van der Waals surface area contributed by atoms with E-state index in [4.69, 9.17) is 4.74 Å². The van der Waals surface area contributed by atoms with Crippen molar-refractivity contribution < 1.29 is 4.74 Å². The standard InChI is InChI=1S/C13H21N5O/c1-17-9-6-14-12(17)4-5-15-13-16-7-10-18(13)8-3-11-19-2/h6-7,9-10H,3-5,8,11H2,1-2H3,(H,15,16). The molecule has 0 bridgehead atoms. The van der Waals surface area contributed by atoms with Gasteiger partial charge in [0.05, 0.1) is 0 Å². The molecule has 1 N–H and O–H groups in total. The zero-order valence-electron chi connectivity index (χ0n) is 11.5. The van der Waals surface area contributed by atoms with Crippen molar-refractivity contribution in [3.05, 3.63) is 30.6 Å². The maximum Gasteiger partial charge on any atom is 0.202 e. The lowest BCUT2D eigenvalue weighted by atomic mass is 10.4. The van der Waals surface area contributed by atoms with Crippen LogP contribution in [0.5, 0.6) is 0 Å². The van der Waals surface area contributed by atoms with E-state index in [9.17, 15) is 0 Å². The summed E-state index contributed by atoms with van der Waals surface area (Å²) in [6.07, 6.45) is 9.45. The van der Waals surface area contributed by atoms with Crippen molar-refractivity contribution in [2.24, 2.45) is 7.05 Å². The number of nitrogens with one attached hydrogen (secondary N) is 1. The normalized spacial score (nSPS) is 10.8. The predicted octanol–water partition coefficient (Wildman–Crippen LogP) is 1.31. The van der Waals surface area contributed by atoms with Gasteiger partial charge in [-0.3, -0.25) is 0 Å². The second-order valence-corrected chi connectivity index (χ2v) is 4.42. The Kier molecular flexibility index (Phi) is 4.97. The highest BCUT2D eigenvalue weighted by molar-refractivity contribution is 5.25. The minimum Gasteiger partial charge on any atom is -0.385 e. The van der Waals surface area contributed by atoms with E-state index in [0.29, 0.717) is 0 Å². The molecular formula is C13H21N5O. The van der Waals surface area contributed by atoms with Gasteiger partial charge in [-0.2, -0.15) is 0 Å². The largest absolute Gasteiger partial charge is 0.385 e. The molecule has 0 saturated heterocycles. The lowest BCUT2D eigenvalue weighted by Crippen LogP contribution is -2.13. The van der Waals surface area contributed by atoms with Crippen LogP contribution in [0.4, 0.5) is 5.95 Å². The molecule has 0 spiro atoms. The highest BCUT2D eigenvalue weighted by atomic mass is 16.5. The fourth-order valence-electron chi connectivity index (χ4n) is 1.96. The monoisotopic (exact) mass is 263 g/mol. The van der Waals surface area contributed by atoms with Gasteiger partial charge in [0.15, 0.2) is 0 Å². The summed E-state index contributed by atoms with van der Waals surface area (Å²) in [6.45, 7) is 2.51. The average Bonchev–Trinajstić information content (AvgIpc) is 3.00. The molecular weight excluding hydrogens is 242 g/mol. The van der Waals surface area contributed by atoms with Gasteiger partial charge in [0, 0.05) is 65.1 Å². The van der Waals surface area contributed by atoms with Crippen molar-refractivity contribution in [1.82, 2.24) is 19.1 Å². The van der Waals surface area contributed by atoms with Crippen molar-refractivity contribution in [1.29, 1.82) is 0 Å². The second-order valence-electron chi connectivity index (χ2n) is 4.42. The summed E-state index contributed by atoms with van der Waals surface area (Å²) in [5.41, 5.74) is 0. The first kappa shape index (κ1) is 13.6. The van der Waals surface area contributed by atoms with Crippen LogP contribution in [0.25, 0.3) is 0 Å². The number of anilines is 1. The molecule has 0 saturated carbocycles. The van der Waals surface area contributed by atoms with Crippen molar-refractivity contribution >= 4 is 5.95 Å². The third-order valence-electron chi connectivity index (χ3n) is 3.02. The summed E-state index contributed by atoms with van der Waals surface area (Å²) in [6, 6.07) is 0. The van der Waals surface area contributed by atoms with Crippen molar-refractivity contribution in [3.8, 4) is 0 Å². The maximum absolute atomic E-state index is 5.06. The topological polar surface area (TPSA) is 56.9 Å². The van der Waals surface area contributed by atoms with Gasteiger partial charge in [0.1, 0.15) is 5.82 Å². The molecule has 6 heteroatoms. The SMILES string of the molecule is COCCCn1ccnc1NCCc1nccn1C. The molecule has 0 atom stereocenters. The van der Waals surface area contributed by atoms with Crippen LogP contribution in [0.15, 0.2) is 24.8 Å². The van der Waals surface area contributed by atoms with Gasteiger partial charge in [0.25, 0.3) is 0 Å². The average molecular weight is 263 g/mol. The van der Waals surface area contributed by atoms with Crippen molar-refractivity contribution in [2.45, 2.75) is 19.4 Å². The number of imidazole rings is 2. The summed E-state index contributed by atoms with van der Waals surface area (Å²) in [4.78, 5) is 8.62. The van der Waals surface area contributed by atoms with E-state index >= 15 is 0 Å². The molecule has 19 heavy (non-hydrogen) atoms. The van der Waals surface area contributed by atoms with E-state index in [1.54, 1.807) is 7.11 Å². The summed E-state index contributed by atoms with van der Waals surface area (Å²) >= 11 is 0. The second kappa shape index (κ2) is 6.94. The van der Waals surface area contributed by atoms with Crippen LogP contribution < -0.4 is 5.32 Å². The highest BCUT2D eigenvalue weighted by Gasteiger charge is 2.03. The molecule has 0 unspecified atom stereocenters. The minimum atomic E-state index is 0.769. The van der Waals surface area contributed by atoms with Crippen LogP contribution in [0, 0.1) is 0 Å². The summed E-state index contributed by atoms with van der Waals surface area (Å²) in [7, 11) is 3.73. The molecule has 0 amide bonds. The van der Waals surface area contributed by atoms with Gasteiger partial charge >= 0.3 is 0 Å². The fourth-order valence-corrected chi connectivity index (χ4v) is 1.96. The third kappa shape index (κ3) is 3.82. The molecule has 6 nitrogen and oxygen atoms in total. The molecule has 0 fully saturated rings. The van der Waals surface area contributed by atoms with E-state index in [2.05, 4.69) is 19.9 Å². The first-order valence-corrected chi connectivity index (χ1v) is 6.51. The lowest BCUT2D eigenvalue weighted by Gasteiger charge is -2.09. The zero-order valence-corrected chi connectivity index (χ0v) is 11.5. The smallest absolute Gasteiger partial charge is 0.202 e. The summed E-state index contributed by atoms with van der Waals surface area (Å²) < 4.78 is 9.20. The predicted molar refractivity (Wildman–Crippen MR) is 74.1 cm³/mol. The third-order valence-corrected chi connectivity index (χ3v) is 3.02. The van der Waals surface area contributed by atoms with Crippen LogP contribution >= 0.6 is 0 Å². The Bertz CT molecular complexity index is 491. The van der Waals surface area contributed by atoms with Crippen LogP contribution in [0.1, 0.15) is 12.2 Å². The van der Waals surface area contributed by atoms with E-state index in [1.165, 1.54) is 0 Å². The van der Waals surface area contributed by atoms with E-state index in [0.717, 1.165) is 44.3 Å². The summed E-state index contributed by atoms with van der Waals surface area (Å²) in [5.74, 6) is 1.98. The minimum absolute atomic E-state index is 0.769. The number of aryl methyl sites for hydroxylation is 2. The van der Waals surface area contributed by atoms with E-state index in [-0.39, 0.29) is 0 Å². The number of rotatable bonds is 8. The molecule has 2 rings (SSSR count). The Labute approximate surface area is 113 Å². The number of nitrogens with zero attached hydrogens (tertiary/aromatic N) is 4. The highest BCUT2D eigenvalue weighted by Crippen LogP contribution is 2.06. The van der Waals surface area contributed by atoms with E-state index in [1.807, 2.05) is 36.4 Å². The van der Waals surface area contributed by atoms with Gasteiger partial charge in [0.2, 0.25) is 5.95 Å². The number of methoxy groups -OCH3 is 1. The molecule has 0 aliphatic carbocycles. The van der Waals surface area contributed by atoms with Gasteiger partial charge in [-0.05, 0) is 6.42 Å². The Hall–Kier alpha value is -1.82. The number of aromatic nitrogens is 4. The van der Waals surface area contributed by atoms with Gasteiger partial charge in [-0.15, -0.1) is 0 Å². The zero-order chi connectivity index (χ0) is 13.5. The molecule has 2 aromatic heterocycles. The quantitative estimate of drug-likeness (QED) is 0.730. The Balaban J connectivity index is 1.79. The molecule has 2 heterocycles. The van der Waals surface area contributed by atoms with Crippen LogP contribution in [-0.4, -0.2) is 39.4 Å². The van der Waals surface area contributed by atoms with Gasteiger partial charge < -0.3 is 19.2 Å². The van der Waals surface area contributed by atoms with Crippen molar-refractivity contribution in [2.75, 3.05) is 25.6 Å². The molecule has 0 aliphatic heterocycles. The molecule has 0 aliphatic rings. The Morgan fingerprint density at radius 3 is 2.84 bits per heavy atom. The van der Waals surface area contributed by atoms with Crippen molar-refractivity contribution in [3.63, 3.8) is 0 Å². The number of hydrogen-bond donors (Lipinski definition) is 1. The summed E-state index contributed by atoms with van der Waals surface area (Å²) in [5, 5.41) is 3.34. The van der Waals surface area contributed by atoms with E-state index < -0.39 is 0 Å². The lowest BCUT2D eigenvalue weighted by molar-refractivity contribution is 0.190. The van der Waals surface area contributed by atoms with Crippen LogP contribution in [0.3, 0.4) is 0 Å². The number of ether oxygens (including phenoxy) is 1. The van der Waals surface area contributed by atoms with Gasteiger partial charge in [-0.25, -0.2) is 9.97 Å². The molecule has 104 valence electrons. The first-order chi connectivity index (χ1) is 9.31. The Morgan fingerprint density at radius 1 is 1.26 bits per heavy atom. The Morgan fingerprint density at radius 2 is 2.11 bits per heavy atom. The molecule has 2 aromatic rings. The molecule has 0 aromatic carbocycles. The van der Waals surface area contributed by atoms with Gasteiger partial charge in [-0.1, -0.05) is 0 Å². The fraction of sp³-hybridized carbons (Fsp3) is 0.538. The number of hydrogen-bond acceptors (Lipinski definition) is 4. The maximum atomic E-state index is 5.06. The van der Waals surface area contributed by atoms with Crippen LogP contribution in [0.2, 0.25) is 0 Å². The first-order valence-electron chi connectivity index (χ1n) is 6.51. The van der Waals surface area contributed by atoms with Crippen LogP contribution in [-0.2, 0) is 24.8 Å². The molecule has 0 radical (unpaired) electrons.